The fourth-order valence-corrected chi connectivity index (χ4v) is 2.85. The number of anilines is 2. The maximum atomic E-state index is 12.5. The molecule has 0 aliphatic carbocycles. The van der Waals surface area contributed by atoms with Crippen LogP contribution in [0.3, 0.4) is 0 Å². The van der Waals surface area contributed by atoms with E-state index in [4.69, 9.17) is 16.3 Å². The molecule has 1 heterocycles. The summed E-state index contributed by atoms with van der Waals surface area (Å²) in [7, 11) is 1.48. The first-order valence-electron chi connectivity index (χ1n) is 8.47. The number of methoxy groups -OCH3 is 1. The number of rotatable bonds is 5. The molecule has 144 valence electrons. The zero-order valence-corrected chi connectivity index (χ0v) is 16.3. The summed E-state index contributed by atoms with van der Waals surface area (Å²) in [6, 6.07) is 11.4. The van der Waals surface area contributed by atoms with Crippen LogP contribution in [-0.2, 0) is 0 Å². The van der Waals surface area contributed by atoms with Crippen LogP contribution in [0.4, 0.5) is 11.4 Å². The molecule has 7 nitrogen and oxygen atoms in total. The Morgan fingerprint density at radius 2 is 1.75 bits per heavy atom. The predicted molar refractivity (Wildman–Crippen MR) is 108 cm³/mol. The fourth-order valence-electron chi connectivity index (χ4n) is 2.68. The molecule has 3 N–H and O–H groups in total. The summed E-state index contributed by atoms with van der Waals surface area (Å²) in [5.41, 5.74) is 3.48. The van der Waals surface area contributed by atoms with E-state index < -0.39 is 0 Å². The molecule has 0 bridgehead atoms. The minimum absolute atomic E-state index is 0.262. The average Bonchev–Trinajstić information content (AvgIpc) is 3.00. The molecule has 0 fully saturated rings. The van der Waals surface area contributed by atoms with E-state index in [-0.39, 0.29) is 11.8 Å². The van der Waals surface area contributed by atoms with Crippen LogP contribution in [0.25, 0.3) is 0 Å². The second-order valence-corrected chi connectivity index (χ2v) is 6.58. The highest BCUT2D eigenvalue weighted by molar-refractivity contribution is 6.31. The fraction of sp³-hybridized carbons (Fsp3) is 0.150. The number of nitrogens with zero attached hydrogens (tertiary/aromatic N) is 1. The monoisotopic (exact) mass is 398 g/mol. The van der Waals surface area contributed by atoms with E-state index in [2.05, 4.69) is 20.8 Å². The van der Waals surface area contributed by atoms with Gasteiger partial charge in [0.15, 0.2) is 0 Å². The quantitative estimate of drug-likeness (QED) is 0.600. The number of hydrogen-bond donors (Lipinski definition) is 3. The van der Waals surface area contributed by atoms with Crippen LogP contribution in [0.15, 0.2) is 42.5 Å². The van der Waals surface area contributed by atoms with Gasteiger partial charge in [0.25, 0.3) is 11.8 Å². The molecule has 0 atom stereocenters. The van der Waals surface area contributed by atoms with E-state index in [9.17, 15) is 9.59 Å². The number of hydrogen-bond acceptors (Lipinski definition) is 4. The first kappa shape index (κ1) is 19.4. The molecule has 3 aromatic rings. The Kier molecular flexibility index (Phi) is 5.65. The van der Waals surface area contributed by atoms with Crippen molar-refractivity contribution in [1.29, 1.82) is 0 Å². The molecule has 0 aliphatic rings. The summed E-state index contributed by atoms with van der Waals surface area (Å²) in [6.07, 6.45) is 0. The van der Waals surface area contributed by atoms with Crippen molar-refractivity contribution < 1.29 is 14.3 Å². The zero-order valence-electron chi connectivity index (χ0n) is 15.6. The molecule has 8 heteroatoms. The SMILES string of the molecule is COc1ccc(Cl)cc1C(=O)Nc1ccc(C(=O)Nc2c(C)n[nH]c2C)cc1. The third-order valence-corrected chi connectivity index (χ3v) is 4.41. The van der Waals surface area contributed by atoms with Crippen LogP contribution in [0.2, 0.25) is 5.02 Å². The minimum Gasteiger partial charge on any atom is -0.496 e. The summed E-state index contributed by atoms with van der Waals surface area (Å²) in [4.78, 5) is 24.9. The number of aromatic nitrogens is 2. The van der Waals surface area contributed by atoms with E-state index in [1.807, 2.05) is 13.8 Å². The van der Waals surface area contributed by atoms with Crippen molar-refractivity contribution in [2.24, 2.45) is 0 Å². The number of aryl methyl sites for hydroxylation is 2. The number of halogens is 1. The maximum absolute atomic E-state index is 12.5. The Morgan fingerprint density at radius 1 is 1.04 bits per heavy atom. The number of carbonyl (C=O) groups excluding carboxylic acids is 2. The molecule has 0 unspecified atom stereocenters. The van der Waals surface area contributed by atoms with Crippen LogP contribution in [-0.4, -0.2) is 29.1 Å². The summed E-state index contributed by atoms with van der Waals surface area (Å²) in [5, 5.41) is 12.9. The summed E-state index contributed by atoms with van der Waals surface area (Å²) >= 11 is 5.97. The van der Waals surface area contributed by atoms with Gasteiger partial charge in [0.1, 0.15) is 5.75 Å². The normalized spacial score (nSPS) is 10.4. The lowest BCUT2D eigenvalue weighted by atomic mass is 10.1. The van der Waals surface area contributed by atoms with Gasteiger partial charge in [0.05, 0.1) is 29.7 Å². The van der Waals surface area contributed by atoms with Crippen LogP contribution in [0.5, 0.6) is 5.75 Å². The van der Waals surface area contributed by atoms with Crippen molar-refractivity contribution in [1.82, 2.24) is 10.2 Å². The topological polar surface area (TPSA) is 96.1 Å². The second-order valence-electron chi connectivity index (χ2n) is 6.14. The lowest BCUT2D eigenvalue weighted by Gasteiger charge is -2.10. The van der Waals surface area contributed by atoms with Gasteiger partial charge < -0.3 is 15.4 Å². The lowest BCUT2D eigenvalue weighted by molar-refractivity contribution is 0.101. The van der Waals surface area contributed by atoms with E-state index in [0.29, 0.717) is 39.0 Å². The van der Waals surface area contributed by atoms with Crippen molar-refractivity contribution >= 4 is 34.8 Å². The van der Waals surface area contributed by atoms with Gasteiger partial charge in [-0.15, -0.1) is 0 Å². The maximum Gasteiger partial charge on any atom is 0.259 e. The van der Waals surface area contributed by atoms with Gasteiger partial charge in [-0.2, -0.15) is 5.10 Å². The predicted octanol–water partition coefficient (Wildman–Crippen LogP) is 4.19. The molecular weight excluding hydrogens is 380 g/mol. The number of benzene rings is 2. The largest absolute Gasteiger partial charge is 0.496 e. The number of nitrogens with one attached hydrogen (secondary N) is 3. The highest BCUT2D eigenvalue weighted by Gasteiger charge is 2.15. The molecule has 0 radical (unpaired) electrons. The average molecular weight is 399 g/mol. The van der Waals surface area contributed by atoms with Crippen LogP contribution in [0.1, 0.15) is 32.1 Å². The molecule has 3 rings (SSSR count). The van der Waals surface area contributed by atoms with E-state index in [0.717, 1.165) is 5.69 Å². The Bertz CT molecular complexity index is 1010. The molecule has 1 aromatic heterocycles. The van der Waals surface area contributed by atoms with Crippen molar-refractivity contribution in [3.8, 4) is 5.75 Å². The van der Waals surface area contributed by atoms with Gasteiger partial charge in [-0.05, 0) is 56.3 Å². The zero-order chi connectivity index (χ0) is 20.3. The number of amides is 2. The Labute approximate surface area is 167 Å². The second kappa shape index (κ2) is 8.14. The highest BCUT2D eigenvalue weighted by atomic mass is 35.5. The third kappa shape index (κ3) is 4.15. The van der Waals surface area contributed by atoms with Crippen LogP contribution < -0.4 is 15.4 Å². The van der Waals surface area contributed by atoms with Crippen molar-refractivity contribution in [2.45, 2.75) is 13.8 Å². The van der Waals surface area contributed by atoms with E-state index >= 15 is 0 Å². The molecular formula is C20H19ClN4O3. The van der Waals surface area contributed by atoms with Gasteiger partial charge >= 0.3 is 0 Å². The van der Waals surface area contributed by atoms with Gasteiger partial charge in [-0.25, -0.2) is 0 Å². The van der Waals surface area contributed by atoms with Gasteiger partial charge in [0, 0.05) is 16.3 Å². The minimum atomic E-state index is -0.360. The standard InChI is InChI=1S/C20H19ClN4O3/c1-11-18(12(2)25-24-11)23-19(26)13-4-7-15(8-5-13)22-20(27)16-10-14(21)6-9-17(16)28-3/h4-10H,1-3H3,(H,22,27)(H,23,26)(H,24,25). The molecule has 28 heavy (non-hydrogen) atoms. The van der Waals surface area contributed by atoms with Crippen LogP contribution in [0, 0.1) is 13.8 Å². The summed E-state index contributed by atoms with van der Waals surface area (Å²) < 4.78 is 5.20. The first-order valence-corrected chi connectivity index (χ1v) is 8.84. The summed E-state index contributed by atoms with van der Waals surface area (Å²) in [6.45, 7) is 3.64. The van der Waals surface area contributed by atoms with E-state index in [1.54, 1.807) is 36.4 Å². The van der Waals surface area contributed by atoms with E-state index in [1.165, 1.54) is 13.2 Å². The molecule has 0 spiro atoms. The molecule has 0 aliphatic heterocycles. The lowest BCUT2D eigenvalue weighted by Crippen LogP contribution is -2.15. The smallest absolute Gasteiger partial charge is 0.259 e. The van der Waals surface area contributed by atoms with Crippen molar-refractivity contribution in [2.75, 3.05) is 17.7 Å². The number of ether oxygens (including phenoxy) is 1. The van der Waals surface area contributed by atoms with Crippen LogP contribution >= 0.6 is 11.6 Å². The molecule has 0 saturated heterocycles. The summed E-state index contributed by atoms with van der Waals surface area (Å²) in [5.74, 6) is -0.202. The van der Waals surface area contributed by atoms with Gasteiger partial charge in [0.2, 0.25) is 0 Å². The first-order chi connectivity index (χ1) is 13.4. The molecule has 2 aromatic carbocycles. The van der Waals surface area contributed by atoms with Gasteiger partial charge in [-0.1, -0.05) is 11.6 Å². The number of carbonyl (C=O) groups is 2. The van der Waals surface area contributed by atoms with Gasteiger partial charge in [-0.3, -0.25) is 14.7 Å². The molecule has 2 amide bonds. The van der Waals surface area contributed by atoms with Crippen molar-refractivity contribution in [3.63, 3.8) is 0 Å². The Hall–Kier alpha value is -3.32. The third-order valence-electron chi connectivity index (χ3n) is 4.18. The number of aromatic amines is 1. The Morgan fingerprint density at radius 3 is 2.36 bits per heavy atom. The highest BCUT2D eigenvalue weighted by Crippen LogP contribution is 2.24. The molecule has 0 saturated carbocycles. The van der Waals surface area contributed by atoms with Crippen molar-refractivity contribution in [3.05, 3.63) is 70.0 Å². The number of H-pyrrole nitrogens is 1. The Balaban J connectivity index is 1.72.